The van der Waals surface area contributed by atoms with Crippen molar-refractivity contribution >= 4 is 17.2 Å². The van der Waals surface area contributed by atoms with Gasteiger partial charge in [-0.25, -0.2) is 9.37 Å². The van der Waals surface area contributed by atoms with Crippen LogP contribution in [0.25, 0.3) is 10.6 Å². The van der Waals surface area contributed by atoms with Gasteiger partial charge in [0.1, 0.15) is 16.1 Å². The number of hydrogen-bond acceptors (Lipinski definition) is 3. The normalized spacial score (nSPS) is 19.1. The number of carbonyl (C=O) groups excluding carboxylic acids is 1. The molecule has 2 heterocycles. The summed E-state index contributed by atoms with van der Waals surface area (Å²) in [5.41, 5.74) is 0.999. The lowest BCUT2D eigenvalue weighted by molar-refractivity contribution is 0.0640. The van der Waals surface area contributed by atoms with E-state index in [0.29, 0.717) is 17.8 Å². The smallest absolute Gasteiger partial charge is 0.265 e. The molecule has 1 aliphatic heterocycles. The molecule has 1 atom stereocenters. The Labute approximate surface area is 121 Å². The van der Waals surface area contributed by atoms with Crippen molar-refractivity contribution in [3.63, 3.8) is 0 Å². The summed E-state index contributed by atoms with van der Waals surface area (Å²) in [7, 11) is 0. The van der Waals surface area contributed by atoms with E-state index < -0.39 is 6.17 Å². The fraction of sp³-hybridized carbons (Fsp3) is 0.333. The van der Waals surface area contributed by atoms with Gasteiger partial charge in [-0.3, -0.25) is 4.79 Å². The third-order valence-electron chi connectivity index (χ3n) is 3.39. The van der Waals surface area contributed by atoms with Crippen LogP contribution in [0.3, 0.4) is 0 Å². The topological polar surface area (TPSA) is 33.2 Å². The molecule has 0 bridgehead atoms. The quantitative estimate of drug-likeness (QED) is 0.849. The van der Waals surface area contributed by atoms with Crippen LogP contribution in [0.2, 0.25) is 0 Å². The lowest BCUT2D eigenvalue weighted by Gasteiger charge is -2.28. The number of thiazole rings is 1. The molecule has 2 aromatic rings. The standard InChI is InChI=1S/C15H15FN2OS/c16-12-7-4-8-18(10-12)15(19)13-9-17-14(20-13)11-5-2-1-3-6-11/h1-3,5-6,9,12H,4,7-8,10H2. The zero-order valence-electron chi connectivity index (χ0n) is 11.0. The van der Waals surface area contributed by atoms with Crippen LogP contribution in [0.4, 0.5) is 4.39 Å². The highest BCUT2D eigenvalue weighted by Crippen LogP contribution is 2.26. The second-order valence-electron chi connectivity index (χ2n) is 4.89. The number of amides is 1. The van der Waals surface area contributed by atoms with E-state index in [1.807, 2.05) is 30.3 Å². The Balaban J connectivity index is 1.78. The molecule has 0 spiro atoms. The van der Waals surface area contributed by atoms with E-state index in [9.17, 15) is 9.18 Å². The molecule has 0 aliphatic carbocycles. The van der Waals surface area contributed by atoms with Crippen molar-refractivity contribution in [1.29, 1.82) is 0 Å². The fourth-order valence-corrected chi connectivity index (χ4v) is 3.24. The van der Waals surface area contributed by atoms with Gasteiger partial charge in [0.25, 0.3) is 5.91 Å². The highest BCUT2D eigenvalue weighted by Gasteiger charge is 2.25. The Morgan fingerprint density at radius 2 is 2.15 bits per heavy atom. The molecule has 0 saturated carbocycles. The van der Waals surface area contributed by atoms with E-state index in [0.717, 1.165) is 17.0 Å². The number of piperidine rings is 1. The molecule has 3 rings (SSSR count). The van der Waals surface area contributed by atoms with Gasteiger partial charge in [-0.1, -0.05) is 30.3 Å². The molecule has 3 nitrogen and oxygen atoms in total. The zero-order chi connectivity index (χ0) is 13.9. The maximum Gasteiger partial charge on any atom is 0.265 e. The first-order valence-corrected chi connectivity index (χ1v) is 7.50. The molecule has 1 saturated heterocycles. The van der Waals surface area contributed by atoms with Crippen molar-refractivity contribution in [1.82, 2.24) is 9.88 Å². The highest BCUT2D eigenvalue weighted by atomic mass is 32.1. The average Bonchev–Trinajstić information content (AvgIpc) is 2.97. The summed E-state index contributed by atoms with van der Waals surface area (Å²) in [6.07, 6.45) is 1.99. The number of halogens is 1. The van der Waals surface area contributed by atoms with Gasteiger partial charge < -0.3 is 4.90 Å². The van der Waals surface area contributed by atoms with E-state index in [-0.39, 0.29) is 12.5 Å². The fourth-order valence-electron chi connectivity index (χ4n) is 2.35. The van der Waals surface area contributed by atoms with E-state index >= 15 is 0 Å². The van der Waals surface area contributed by atoms with Crippen molar-refractivity contribution < 1.29 is 9.18 Å². The molecule has 5 heteroatoms. The second kappa shape index (κ2) is 5.71. The van der Waals surface area contributed by atoms with Gasteiger partial charge in [0.15, 0.2) is 0 Å². The van der Waals surface area contributed by atoms with E-state index in [1.165, 1.54) is 11.3 Å². The third kappa shape index (κ3) is 2.72. The molecule has 1 aromatic carbocycles. The molecule has 20 heavy (non-hydrogen) atoms. The Morgan fingerprint density at radius 3 is 2.90 bits per heavy atom. The van der Waals surface area contributed by atoms with Gasteiger partial charge in [-0.15, -0.1) is 11.3 Å². The van der Waals surface area contributed by atoms with Gasteiger partial charge in [-0.2, -0.15) is 0 Å². The molecular weight excluding hydrogens is 275 g/mol. The summed E-state index contributed by atoms with van der Waals surface area (Å²) in [4.78, 5) is 18.8. The largest absolute Gasteiger partial charge is 0.335 e. The molecule has 1 aromatic heterocycles. The molecule has 1 amide bonds. The first kappa shape index (κ1) is 13.2. The van der Waals surface area contributed by atoms with Crippen molar-refractivity contribution in [2.24, 2.45) is 0 Å². The number of aromatic nitrogens is 1. The molecule has 104 valence electrons. The van der Waals surface area contributed by atoms with Gasteiger partial charge in [0, 0.05) is 12.1 Å². The second-order valence-corrected chi connectivity index (χ2v) is 5.92. The Kier molecular flexibility index (Phi) is 3.78. The first-order chi connectivity index (χ1) is 9.74. The van der Waals surface area contributed by atoms with Crippen molar-refractivity contribution in [3.8, 4) is 10.6 Å². The van der Waals surface area contributed by atoms with Crippen molar-refractivity contribution in [3.05, 3.63) is 41.4 Å². The molecule has 1 unspecified atom stereocenters. The Morgan fingerprint density at radius 1 is 1.35 bits per heavy atom. The minimum Gasteiger partial charge on any atom is -0.335 e. The summed E-state index contributed by atoms with van der Waals surface area (Å²) in [5, 5.41) is 0.822. The van der Waals surface area contributed by atoms with Crippen LogP contribution in [0.5, 0.6) is 0 Å². The number of hydrogen-bond donors (Lipinski definition) is 0. The summed E-state index contributed by atoms with van der Waals surface area (Å²) in [6.45, 7) is 0.842. The predicted molar refractivity (Wildman–Crippen MR) is 77.6 cm³/mol. The number of alkyl halides is 1. The first-order valence-electron chi connectivity index (χ1n) is 6.68. The molecule has 0 radical (unpaired) electrons. The Hall–Kier alpha value is -1.75. The van der Waals surface area contributed by atoms with Gasteiger partial charge in [0.2, 0.25) is 0 Å². The van der Waals surface area contributed by atoms with Crippen LogP contribution in [0, 0.1) is 0 Å². The van der Waals surface area contributed by atoms with Crippen LogP contribution in [-0.4, -0.2) is 35.1 Å². The Bertz CT molecular complexity index is 599. The number of likely N-dealkylation sites (tertiary alicyclic amines) is 1. The third-order valence-corrected chi connectivity index (χ3v) is 4.42. The maximum absolute atomic E-state index is 13.4. The van der Waals surface area contributed by atoms with Crippen LogP contribution in [0.15, 0.2) is 36.5 Å². The SMILES string of the molecule is O=C(c1cnc(-c2ccccc2)s1)N1CCCC(F)C1. The molecule has 0 N–H and O–H groups in total. The van der Waals surface area contributed by atoms with Gasteiger partial charge >= 0.3 is 0 Å². The number of carbonyl (C=O) groups is 1. The predicted octanol–water partition coefficient (Wildman–Crippen LogP) is 3.38. The summed E-state index contributed by atoms with van der Waals surface area (Å²) in [6, 6.07) is 9.75. The van der Waals surface area contributed by atoms with Gasteiger partial charge in [-0.05, 0) is 12.8 Å². The van der Waals surface area contributed by atoms with Crippen LogP contribution < -0.4 is 0 Å². The number of rotatable bonds is 2. The zero-order valence-corrected chi connectivity index (χ0v) is 11.8. The van der Waals surface area contributed by atoms with E-state index in [2.05, 4.69) is 4.98 Å². The summed E-state index contributed by atoms with van der Waals surface area (Å²) in [5.74, 6) is -0.105. The van der Waals surface area contributed by atoms with Gasteiger partial charge in [0.05, 0.1) is 12.7 Å². The van der Waals surface area contributed by atoms with E-state index in [4.69, 9.17) is 0 Å². The molecular formula is C15H15FN2OS. The average molecular weight is 290 g/mol. The molecule has 1 aliphatic rings. The van der Waals surface area contributed by atoms with Crippen LogP contribution in [-0.2, 0) is 0 Å². The minimum absolute atomic E-state index is 0.105. The number of benzene rings is 1. The lowest BCUT2D eigenvalue weighted by atomic mass is 10.1. The minimum atomic E-state index is -0.894. The molecule has 1 fully saturated rings. The summed E-state index contributed by atoms with van der Waals surface area (Å²) < 4.78 is 13.4. The van der Waals surface area contributed by atoms with Crippen molar-refractivity contribution in [2.75, 3.05) is 13.1 Å². The monoisotopic (exact) mass is 290 g/mol. The van der Waals surface area contributed by atoms with E-state index in [1.54, 1.807) is 11.1 Å². The highest BCUT2D eigenvalue weighted by molar-refractivity contribution is 7.16. The van der Waals surface area contributed by atoms with Crippen molar-refractivity contribution in [2.45, 2.75) is 19.0 Å². The lowest BCUT2D eigenvalue weighted by Crippen LogP contribution is -2.40. The van der Waals surface area contributed by atoms with Crippen LogP contribution >= 0.6 is 11.3 Å². The van der Waals surface area contributed by atoms with Crippen LogP contribution in [0.1, 0.15) is 22.5 Å². The number of nitrogens with zero attached hydrogens (tertiary/aromatic N) is 2. The summed E-state index contributed by atoms with van der Waals surface area (Å²) >= 11 is 1.36. The maximum atomic E-state index is 13.4.